The molecule has 2 aromatic rings. The summed E-state index contributed by atoms with van der Waals surface area (Å²) in [6.07, 6.45) is 10.9. The van der Waals surface area contributed by atoms with Gasteiger partial charge < -0.3 is 23.9 Å². The Hall–Kier alpha value is -3.10. The lowest BCUT2D eigenvalue weighted by Crippen LogP contribution is -2.69. The van der Waals surface area contributed by atoms with Crippen LogP contribution in [0.5, 0.6) is 11.5 Å². The van der Waals surface area contributed by atoms with Crippen molar-refractivity contribution < 1.29 is 28.6 Å². The molecule has 2 aliphatic heterocycles. The monoisotopic (exact) mass is 560 g/mol. The fourth-order valence-corrected chi connectivity index (χ4v) is 8.51. The molecule has 0 radical (unpaired) electrons. The summed E-state index contributed by atoms with van der Waals surface area (Å²) in [6.45, 7) is 8.23. The Morgan fingerprint density at radius 2 is 2.10 bits per heavy atom. The molecule has 7 rings (SSSR count). The predicted octanol–water partition coefficient (Wildman–Crippen LogP) is 4.19. The average molecular weight is 561 g/mol. The van der Waals surface area contributed by atoms with Gasteiger partial charge in [-0.05, 0) is 74.3 Å². The third-order valence-corrected chi connectivity index (χ3v) is 10.2. The van der Waals surface area contributed by atoms with E-state index < -0.39 is 0 Å². The van der Waals surface area contributed by atoms with E-state index in [0.29, 0.717) is 41.8 Å². The molecule has 1 aromatic carbocycles. The minimum Gasteiger partial charge on any atom is -0.483 e. The molecule has 1 saturated heterocycles. The van der Waals surface area contributed by atoms with E-state index in [-0.39, 0.29) is 35.5 Å². The zero-order valence-electron chi connectivity index (χ0n) is 24.1. The number of carbonyl (C=O) groups excluding carboxylic acids is 2. The smallest absolute Gasteiger partial charge is 0.308 e. The number of benzene rings is 1. The number of nitrogens with zero attached hydrogens (tertiary/aromatic N) is 2. The van der Waals surface area contributed by atoms with E-state index in [1.54, 1.807) is 18.6 Å². The van der Waals surface area contributed by atoms with Crippen molar-refractivity contribution in [2.24, 2.45) is 17.8 Å². The first-order valence-electron chi connectivity index (χ1n) is 15.2. The number of rotatable bonds is 8. The summed E-state index contributed by atoms with van der Waals surface area (Å²) in [5.74, 6) is 1.85. The number of likely N-dealkylation sites (tertiary alicyclic amines) is 1. The van der Waals surface area contributed by atoms with Gasteiger partial charge in [-0.2, -0.15) is 0 Å². The molecular formula is C33H40N2O6. The second-order valence-corrected chi connectivity index (χ2v) is 13.2. The molecule has 1 aromatic heterocycles. The Morgan fingerprint density at radius 3 is 2.80 bits per heavy atom. The van der Waals surface area contributed by atoms with E-state index in [1.165, 1.54) is 18.1 Å². The lowest BCUT2D eigenvalue weighted by molar-refractivity contribution is -0.138. The maximum atomic E-state index is 13.8. The highest BCUT2D eigenvalue weighted by Gasteiger charge is 2.67. The van der Waals surface area contributed by atoms with Crippen LogP contribution in [0, 0.1) is 17.8 Å². The van der Waals surface area contributed by atoms with Gasteiger partial charge in [-0.15, -0.1) is 0 Å². The normalized spacial score (nSPS) is 33.0. The van der Waals surface area contributed by atoms with Gasteiger partial charge in [-0.1, -0.05) is 19.9 Å². The molecule has 8 heteroatoms. The van der Waals surface area contributed by atoms with E-state index >= 15 is 0 Å². The fourth-order valence-electron chi connectivity index (χ4n) is 8.51. The minimum atomic E-state index is -0.363. The van der Waals surface area contributed by atoms with Crippen molar-refractivity contribution in [1.82, 2.24) is 9.80 Å². The van der Waals surface area contributed by atoms with Crippen molar-refractivity contribution in [2.45, 2.75) is 82.6 Å². The SMILES string of the molecule is CC(=O)Oc1ccc2c3c1O[C@H]1[C@@H](N(CC(C)C)C(=O)C=Cc4ccoc4)CC[C@H]4[C@@H](C2)N(CC2CC2O)CC[C@@]341. The van der Waals surface area contributed by atoms with Crippen LogP contribution in [0.1, 0.15) is 63.1 Å². The van der Waals surface area contributed by atoms with Crippen LogP contribution in [0.25, 0.3) is 6.08 Å². The van der Waals surface area contributed by atoms with Gasteiger partial charge in [0.15, 0.2) is 11.5 Å². The van der Waals surface area contributed by atoms with E-state index in [0.717, 1.165) is 50.8 Å². The number of amides is 1. The van der Waals surface area contributed by atoms with Gasteiger partial charge in [0.05, 0.1) is 24.7 Å². The number of aliphatic hydroxyl groups excluding tert-OH is 1. The van der Waals surface area contributed by atoms with Crippen molar-refractivity contribution in [3.63, 3.8) is 0 Å². The first-order chi connectivity index (χ1) is 19.8. The molecule has 3 aliphatic carbocycles. The van der Waals surface area contributed by atoms with Crippen molar-refractivity contribution in [2.75, 3.05) is 19.6 Å². The molecule has 218 valence electrons. The van der Waals surface area contributed by atoms with Crippen molar-refractivity contribution in [1.29, 1.82) is 0 Å². The largest absolute Gasteiger partial charge is 0.483 e. The average Bonchev–Trinajstić information content (AvgIpc) is 3.28. The van der Waals surface area contributed by atoms with Gasteiger partial charge >= 0.3 is 5.97 Å². The second-order valence-electron chi connectivity index (χ2n) is 13.2. The third-order valence-electron chi connectivity index (χ3n) is 10.2. The maximum Gasteiger partial charge on any atom is 0.308 e. The molecule has 5 aliphatic rings. The van der Waals surface area contributed by atoms with Gasteiger partial charge in [0.2, 0.25) is 5.91 Å². The molecule has 2 bridgehead atoms. The minimum absolute atomic E-state index is 0.0211. The molecule has 1 amide bonds. The number of carbonyl (C=O) groups is 2. The van der Waals surface area contributed by atoms with Crippen molar-refractivity contribution in [3.05, 3.63) is 53.5 Å². The first-order valence-corrected chi connectivity index (χ1v) is 15.2. The van der Waals surface area contributed by atoms with Gasteiger partial charge in [-0.3, -0.25) is 14.5 Å². The summed E-state index contributed by atoms with van der Waals surface area (Å²) in [5, 5.41) is 10.1. The molecule has 41 heavy (non-hydrogen) atoms. The summed E-state index contributed by atoms with van der Waals surface area (Å²) in [5.41, 5.74) is 3.09. The molecule has 2 saturated carbocycles. The molecule has 1 spiro atoms. The zero-order chi connectivity index (χ0) is 28.5. The Balaban J connectivity index is 1.28. The van der Waals surface area contributed by atoms with Crippen LogP contribution in [-0.4, -0.2) is 70.7 Å². The predicted molar refractivity (Wildman–Crippen MR) is 152 cm³/mol. The van der Waals surface area contributed by atoms with Crippen molar-refractivity contribution >= 4 is 18.0 Å². The maximum absolute atomic E-state index is 13.8. The lowest BCUT2D eigenvalue weighted by atomic mass is 9.51. The Morgan fingerprint density at radius 1 is 1.27 bits per heavy atom. The van der Waals surface area contributed by atoms with Gasteiger partial charge in [0.25, 0.3) is 0 Å². The number of hydrogen-bond acceptors (Lipinski definition) is 7. The lowest BCUT2D eigenvalue weighted by Gasteiger charge is -2.60. The van der Waals surface area contributed by atoms with Gasteiger partial charge in [0, 0.05) is 54.6 Å². The highest BCUT2D eigenvalue weighted by atomic mass is 16.6. The van der Waals surface area contributed by atoms with E-state index in [1.807, 2.05) is 23.1 Å². The number of esters is 1. The molecular weight excluding hydrogens is 520 g/mol. The van der Waals surface area contributed by atoms with Crippen LogP contribution in [-0.2, 0) is 21.4 Å². The number of aliphatic hydroxyl groups is 1. The van der Waals surface area contributed by atoms with E-state index in [9.17, 15) is 14.7 Å². The topological polar surface area (TPSA) is 92.5 Å². The summed E-state index contributed by atoms with van der Waals surface area (Å²) in [7, 11) is 0. The van der Waals surface area contributed by atoms with Crippen LogP contribution in [0.15, 0.2) is 41.2 Å². The second kappa shape index (κ2) is 10.0. The Kier molecular flexibility index (Phi) is 6.54. The molecule has 8 nitrogen and oxygen atoms in total. The number of furan rings is 1. The van der Waals surface area contributed by atoms with Crippen LogP contribution in [0.3, 0.4) is 0 Å². The highest BCUT2D eigenvalue weighted by Crippen LogP contribution is 2.64. The quantitative estimate of drug-likeness (QED) is 0.294. The summed E-state index contributed by atoms with van der Waals surface area (Å²) >= 11 is 0. The first kappa shape index (κ1) is 26.8. The highest BCUT2D eigenvalue weighted by molar-refractivity contribution is 5.92. The molecule has 7 atom stereocenters. The van der Waals surface area contributed by atoms with Crippen LogP contribution >= 0.6 is 0 Å². The summed E-state index contributed by atoms with van der Waals surface area (Å²) in [6, 6.07) is 6.12. The third kappa shape index (κ3) is 4.41. The van der Waals surface area contributed by atoms with Gasteiger partial charge in [-0.25, -0.2) is 0 Å². The molecule has 1 N–H and O–H groups in total. The Bertz CT molecular complexity index is 1370. The standard InChI is InChI=1S/C33H40N2O6/c1-19(2)16-35(29(38)9-4-21-10-13-39-18-21)25-7-6-24-26-14-22-5-8-28(40-20(3)36)31-30(22)33(24,32(25)41-31)11-12-34(26)17-23-15-27(23)37/h4-5,8-10,13,18-19,23-27,32,37H,6-7,11-12,14-17H2,1-3H3/t23?,24-,25-,26+,27?,32-,33-/m0/s1. The summed E-state index contributed by atoms with van der Waals surface area (Å²) in [4.78, 5) is 30.6. The van der Waals surface area contributed by atoms with E-state index in [2.05, 4.69) is 24.8 Å². The summed E-state index contributed by atoms with van der Waals surface area (Å²) < 4.78 is 17.8. The van der Waals surface area contributed by atoms with Crippen LogP contribution < -0.4 is 9.47 Å². The number of piperidine rings is 1. The van der Waals surface area contributed by atoms with Crippen LogP contribution in [0.4, 0.5) is 0 Å². The van der Waals surface area contributed by atoms with Gasteiger partial charge in [0.1, 0.15) is 6.10 Å². The number of hydrogen-bond donors (Lipinski definition) is 1. The molecule has 2 unspecified atom stereocenters. The van der Waals surface area contributed by atoms with Crippen LogP contribution in [0.2, 0.25) is 0 Å². The van der Waals surface area contributed by atoms with E-state index in [4.69, 9.17) is 13.9 Å². The molecule has 3 fully saturated rings. The zero-order valence-corrected chi connectivity index (χ0v) is 24.1. The Labute approximate surface area is 241 Å². The fraction of sp³-hybridized carbons (Fsp3) is 0.576. The number of ether oxygens (including phenoxy) is 2. The van der Waals surface area contributed by atoms with Crippen molar-refractivity contribution in [3.8, 4) is 11.5 Å². The molecule has 3 heterocycles.